The second-order valence-electron chi connectivity index (χ2n) is 7.31. The minimum Gasteiger partial charge on any atom is -0.381 e. The highest BCUT2D eigenvalue weighted by atomic mass is 16.5. The number of nitrogens with one attached hydrogen (secondary N) is 1. The zero-order valence-corrected chi connectivity index (χ0v) is 14.4. The highest BCUT2D eigenvalue weighted by Gasteiger charge is 2.34. The second-order valence-corrected chi connectivity index (χ2v) is 7.31. The molecule has 0 spiro atoms. The van der Waals surface area contributed by atoms with Gasteiger partial charge in [0.05, 0.1) is 6.61 Å². The third-order valence-electron chi connectivity index (χ3n) is 5.13. The fourth-order valence-electron chi connectivity index (χ4n) is 3.97. The Labute approximate surface area is 131 Å². The average molecular weight is 297 g/mol. The largest absolute Gasteiger partial charge is 0.381 e. The summed E-state index contributed by atoms with van der Waals surface area (Å²) in [7, 11) is 4.57. The molecule has 2 aliphatic rings. The van der Waals surface area contributed by atoms with Gasteiger partial charge < -0.3 is 19.9 Å². The van der Waals surface area contributed by atoms with Crippen molar-refractivity contribution in [3.05, 3.63) is 0 Å². The smallest absolute Gasteiger partial charge is 0.0546 e. The van der Waals surface area contributed by atoms with Crippen molar-refractivity contribution < 1.29 is 4.74 Å². The number of hydrogen-bond acceptors (Lipinski definition) is 4. The van der Waals surface area contributed by atoms with Crippen LogP contribution in [0, 0.1) is 5.41 Å². The molecule has 4 heteroatoms. The predicted octanol–water partition coefficient (Wildman–Crippen LogP) is 1.81. The Morgan fingerprint density at radius 3 is 2.86 bits per heavy atom. The van der Waals surface area contributed by atoms with Gasteiger partial charge in [-0.2, -0.15) is 0 Å². The van der Waals surface area contributed by atoms with Crippen molar-refractivity contribution in [2.75, 3.05) is 60.0 Å². The predicted molar refractivity (Wildman–Crippen MR) is 88.8 cm³/mol. The lowest BCUT2D eigenvalue weighted by Crippen LogP contribution is -2.50. The van der Waals surface area contributed by atoms with Gasteiger partial charge in [0.25, 0.3) is 0 Å². The van der Waals surface area contributed by atoms with Crippen molar-refractivity contribution in [2.45, 2.75) is 45.1 Å². The first-order valence-corrected chi connectivity index (χ1v) is 8.82. The van der Waals surface area contributed by atoms with E-state index in [4.69, 9.17) is 4.74 Å². The van der Waals surface area contributed by atoms with E-state index in [1.807, 2.05) is 0 Å². The zero-order valence-electron chi connectivity index (χ0n) is 14.4. The standard InChI is InChI=1S/C17H35N3O/c1-4-9-18-13-17(8-6-11-21-15-17)14-19(2)12-16-7-5-10-20(16)3/h16,18H,4-15H2,1-3H3. The summed E-state index contributed by atoms with van der Waals surface area (Å²) < 4.78 is 5.83. The van der Waals surface area contributed by atoms with Gasteiger partial charge in [-0.05, 0) is 59.3 Å². The second kappa shape index (κ2) is 8.47. The number of likely N-dealkylation sites (N-methyl/N-ethyl adjacent to an activating group) is 2. The Bertz CT molecular complexity index is 292. The Morgan fingerprint density at radius 1 is 1.38 bits per heavy atom. The van der Waals surface area contributed by atoms with E-state index in [0.29, 0.717) is 5.41 Å². The summed E-state index contributed by atoms with van der Waals surface area (Å²) in [5.74, 6) is 0. The summed E-state index contributed by atoms with van der Waals surface area (Å²) in [6.07, 6.45) is 6.44. The molecule has 21 heavy (non-hydrogen) atoms. The number of rotatable bonds is 8. The quantitative estimate of drug-likeness (QED) is 0.692. The molecule has 124 valence electrons. The van der Waals surface area contributed by atoms with Crippen LogP contribution in [0.1, 0.15) is 39.0 Å². The van der Waals surface area contributed by atoms with E-state index >= 15 is 0 Å². The van der Waals surface area contributed by atoms with E-state index in [2.05, 4.69) is 36.1 Å². The molecule has 4 nitrogen and oxygen atoms in total. The maximum absolute atomic E-state index is 5.83. The van der Waals surface area contributed by atoms with Crippen LogP contribution >= 0.6 is 0 Å². The van der Waals surface area contributed by atoms with Gasteiger partial charge in [0.2, 0.25) is 0 Å². The van der Waals surface area contributed by atoms with E-state index in [-0.39, 0.29) is 0 Å². The van der Waals surface area contributed by atoms with E-state index < -0.39 is 0 Å². The SMILES string of the molecule is CCCNCC1(CN(C)CC2CCCN2C)CCCOC1. The molecule has 0 bridgehead atoms. The van der Waals surface area contributed by atoms with E-state index in [0.717, 1.165) is 38.9 Å². The molecule has 2 heterocycles. The molecule has 2 atom stereocenters. The molecule has 0 aromatic carbocycles. The molecule has 0 saturated carbocycles. The van der Waals surface area contributed by atoms with Gasteiger partial charge in [-0.3, -0.25) is 0 Å². The third kappa shape index (κ3) is 5.20. The summed E-state index contributed by atoms with van der Waals surface area (Å²) >= 11 is 0. The van der Waals surface area contributed by atoms with Crippen molar-refractivity contribution >= 4 is 0 Å². The van der Waals surface area contributed by atoms with Gasteiger partial charge in [0, 0.05) is 37.7 Å². The van der Waals surface area contributed by atoms with Crippen LogP contribution in [0.15, 0.2) is 0 Å². The molecule has 0 aromatic rings. The maximum atomic E-state index is 5.83. The van der Waals surface area contributed by atoms with Gasteiger partial charge in [0.15, 0.2) is 0 Å². The van der Waals surface area contributed by atoms with Crippen LogP contribution in [-0.2, 0) is 4.74 Å². The Balaban J connectivity index is 1.84. The Morgan fingerprint density at radius 2 is 2.24 bits per heavy atom. The molecule has 0 amide bonds. The molecular formula is C17H35N3O. The fraction of sp³-hybridized carbons (Fsp3) is 1.00. The van der Waals surface area contributed by atoms with Crippen molar-refractivity contribution in [2.24, 2.45) is 5.41 Å². The van der Waals surface area contributed by atoms with Gasteiger partial charge in [-0.15, -0.1) is 0 Å². The van der Waals surface area contributed by atoms with Crippen LogP contribution in [0.5, 0.6) is 0 Å². The number of hydrogen-bond donors (Lipinski definition) is 1. The molecule has 2 unspecified atom stereocenters. The molecular weight excluding hydrogens is 262 g/mol. The van der Waals surface area contributed by atoms with Crippen LogP contribution in [0.2, 0.25) is 0 Å². The van der Waals surface area contributed by atoms with Crippen molar-refractivity contribution in [3.63, 3.8) is 0 Å². The summed E-state index contributed by atoms with van der Waals surface area (Å²) in [5, 5.41) is 3.64. The third-order valence-corrected chi connectivity index (χ3v) is 5.13. The molecule has 2 fully saturated rings. The first kappa shape index (κ1) is 17.2. The lowest BCUT2D eigenvalue weighted by Gasteiger charge is -2.41. The van der Waals surface area contributed by atoms with Crippen LogP contribution in [0.4, 0.5) is 0 Å². The van der Waals surface area contributed by atoms with E-state index in [1.165, 1.54) is 45.2 Å². The first-order valence-electron chi connectivity index (χ1n) is 8.82. The van der Waals surface area contributed by atoms with Gasteiger partial charge in [-0.25, -0.2) is 0 Å². The van der Waals surface area contributed by atoms with Gasteiger partial charge in [-0.1, -0.05) is 6.92 Å². The molecule has 0 aromatic heterocycles. The van der Waals surface area contributed by atoms with Gasteiger partial charge >= 0.3 is 0 Å². The minimum atomic E-state index is 0.319. The molecule has 0 aliphatic carbocycles. The fourth-order valence-corrected chi connectivity index (χ4v) is 3.97. The van der Waals surface area contributed by atoms with Crippen molar-refractivity contribution in [3.8, 4) is 0 Å². The van der Waals surface area contributed by atoms with E-state index in [1.54, 1.807) is 0 Å². The summed E-state index contributed by atoms with van der Waals surface area (Å²) in [4.78, 5) is 5.07. The summed E-state index contributed by atoms with van der Waals surface area (Å²) in [6, 6.07) is 0.750. The summed E-state index contributed by atoms with van der Waals surface area (Å²) in [5.41, 5.74) is 0.319. The zero-order chi connectivity index (χ0) is 15.1. The number of nitrogens with zero attached hydrogens (tertiary/aromatic N) is 2. The van der Waals surface area contributed by atoms with Crippen LogP contribution in [-0.4, -0.2) is 75.9 Å². The summed E-state index contributed by atoms with van der Waals surface area (Å²) in [6.45, 7) is 9.96. The van der Waals surface area contributed by atoms with Crippen LogP contribution in [0.25, 0.3) is 0 Å². The highest BCUT2D eigenvalue weighted by Crippen LogP contribution is 2.29. The Hall–Kier alpha value is -0.160. The highest BCUT2D eigenvalue weighted by molar-refractivity contribution is 4.88. The lowest BCUT2D eigenvalue weighted by molar-refractivity contribution is -0.0245. The maximum Gasteiger partial charge on any atom is 0.0546 e. The minimum absolute atomic E-state index is 0.319. The van der Waals surface area contributed by atoms with E-state index in [9.17, 15) is 0 Å². The lowest BCUT2D eigenvalue weighted by atomic mass is 9.81. The van der Waals surface area contributed by atoms with Crippen molar-refractivity contribution in [1.29, 1.82) is 0 Å². The van der Waals surface area contributed by atoms with Crippen molar-refractivity contribution in [1.82, 2.24) is 15.1 Å². The normalized spacial score (nSPS) is 31.1. The topological polar surface area (TPSA) is 27.7 Å². The number of ether oxygens (including phenoxy) is 1. The van der Waals surface area contributed by atoms with Gasteiger partial charge in [0.1, 0.15) is 0 Å². The molecule has 2 aliphatic heterocycles. The molecule has 2 saturated heterocycles. The Kier molecular flexibility index (Phi) is 6.93. The first-order chi connectivity index (χ1) is 10.2. The van der Waals surface area contributed by atoms with Crippen LogP contribution in [0.3, 0.4) is 0 Å². The number of likely N-dealkylation sites (tertiary alicyclic amines) is 1. The van der Waals surface area contributed by atoms with Crippen LogP contribution < -0.4 is 5.32 Å². The monoisotopic (exact) mass is 297 g/mol. The molecule has 1 N–H and O–H groups in total. The average Bonchev–Trinajstić information content (AvgIpc) is 2.85. The molecule has 2 rings (SSSR count). The molecule has 0 radical (unpaired) electrons.